The molecule has 1 saturated heterocycles. The molecule has 2 N–H and O–H groups in total. The lowest BCUT2D eigenvalue weighted by Crippen LogP contribution is -2.52. The Balaban J connectivity index is 1.64. The smallest absolute Gasteiger partial charge is 0.408 e. The third kappa shape index (κ3) is 4.96. The molecule has 2 heterocycles. The second kappa shape index (κ2) is 9.23. The third-order valence-corrected chi connectivity index (χ3v) is 6.47. The maximum Gasteiger partial charge on any atom is 0.408 e. The summed E-state index contributed by atoms with van der Waals surface area (Å²) in [5.41, 5.74) is 0.419. The van der Waals surface area contributed by atoms with Gasteiger partial charge in [0.2, 0.25) is 11.8 Å². The van der Waals surface area contributed by atoms with Crippen LogP contribution in [0.5, 0.6) is 0 Å². The van der Waals surface area contributed by atoms with Crippen LogP contribution in [0, 0.1) is 11.3 Å². The first-order valence-electron chi connectivity index (χ1n) is 11.4. The van der Waals surface area contributed by atoms with Gasteiger partial charge < -0.3 is 20.3 Å². The molecule has 1 fully saturated rings. The van der Waals surface area contributed by atoms with Crippen molar-refractivity contribution in [2.24, 2.45) is 0 Å². The molecule has 0 aromatic heterocycles. The van der Waals surface area contributed by atoms with Crippen molar-refractivity contribution < 1.29 is 19.1 Å². The van der Waals surface area contributed by atoms with Crippen LogP contribution >= 0.6 is 11.6 Å². The van der Waals surface area contributed by atoms with Gasteiger partial charge in [-0.15, -0.1) is 0 Å². The Morgan fingerprint density at radius 2 is 2.03 bits per heavy atom. The number of nitrogens with zero attached hydrogens (tertiary/aromatic N) is 2. The summed E-state index contributed by atoms with van der Waals surface area (Å²) in [5, 5.41) is 15.9. The fraction of sp³-hybridized carbons (Fsp3) is 0.385. The van der Waals surface area contributed by atoms with Gasteiger partial charge in [0.15, 0.2) is 0 Å². The Kier molecular flexibility index (Phi) is 6.48. The number of carbonyl (C=O) groups excluding carboxylic acids is 3. The van der Waals surface area contributed by atoms with Gasteiger partial charge in [-0.05, 0) is 50.1 Å². The standard InChI is InChI=1S/C26H27ClN4O4/c1-25(2,3)35-24(34)30-21(12-16-7-6-8-17(27)11-16)22(32)31-15-26(13-18(31)14-28)19-9-4-5-10-20(19)29-23(26)33/h4-11,18,21H,12-13,15H2,1-3H3,(H,29,33)(H,30,34)/t18-,21-,26-/m0/s1. The van der Waals surface area contributed by atoms with Crippen molar-refractivity contribution in [2.75, 3.05) is 11.9 Å². The van der Waals surface area contributed by atoms with Crippen molar-refractivity contribution >= 4 is 35.2 Å². The Labute approximate surface area is 209 Å². The van der Waals surface area contributed by atoms with Crippen LogP contribution in [0.4, 0.5) is 10.5 Å². The first-order chi connectivity index (χ1) is 16.5. The summed E-state index contributed by atoms with van der Waals surface area (Å²) in [6, 6.07) is 14.6. The molecule has 182 valence electrons. The van der Waals surface area contributed by atoms with Crippen molar-refractivity contribution in [3.05, 3.63) is 64.7 Å². The number of para-hydroxylation sites is 1. The van der Waals surface area contributed by atoms with Crippen LogP contribution in [-0.4, -0.2) is 47.0 Å². The predicted molar refractivity (Wildman–Crippen MR) is 131 cm³/mol. The average molecular weight is 495 g/mol. The molecule has 2 aliphatic heterocycles. The molecule has 3 atom stereocenters. The predicted octanol–water partition coefficient (Wildman–Crippen LogP) is 3.79. The molecule has 35 heavy (non-hydrogen) atoms. The maximum absolute atomic E-state index is 13.8. The van der Waals surface area contributed by atoms with Gasteiger partial charge in [-0.3, -0.25) is 9.59 Å². The molecule has 0 saturated carbocycles. The van der Waals surface area contributed by atoms with Crippen LogP contribution < -0.4 is 10.6 Å². The number of fused-ring (bicyclic) bond motifs is 2. The van der Waals surface area contributed by atoms with Crippen LogP contribution in [0.1, 0.15) is 38.3 Å². The number of ether oxygens (including phenoxy) is 1. The Bertz CT molecular complexity index is 1220. The van der Waals surface area contributed by atoms with E-state index in [2.05, 4.69) is 16.7 Å². The minimum Gasteiger partial charge on any atom is -0.444 e. The number of hydrogen-bond donors (Lipinski definition) is 2. The largest absolute Gasteiger partial charge is 0.444 e. The molecule has 0 bridgehead atoms. The minimum absolute atomic E-state index is 0.0367. The van der Waals surface area contributed by atoms with Crippen molar-refractivity contribution in [3.8, 4) is 6.07 Å². The second-order valence-electron chi connectivity index (χ2n) is 9.93. The lowest BCUT2D eigenvalue weighted by Gasteiger charge is -2.28. The van der Waals surface area contributed by atoms with Gasteiger partial charge in [-0.1, -0.05) is 41.9 Å². The van der Waals surface area contributed by atoms with E-state index in [0.717, 1.165) is 11.1 Å². The van der Waals surface area contributed by atoms with E-state index in [0.29, 0.717) is 10.7 Å². The van der Waals surface area contributed by atoms with Crippen LogP contribution in [0.15, 0.2) is 48.5 Å². The summed E-state index contributed by atoms with van der Waals surface area (Å²) in [6.07, 6.45) is -0.429. The lowest BCUT2D eigenvalue weighted by atomic mass is 9.80. The number of carbonyl (C=O) groups is 3. The molecule has 2 aromatic rings. The molecule has 0 aliphatic carbocycles. The van der Waals surface area contributed by atoms with E-state index in [1.165, 1.54) is 4.90 Å². The van der Waals surface area contributed by atoms with Crippen molar-refractivity contribution in [2.45, 2.75) is 56.7 Å². The van der Waals surface area contributed by atoms with E-state index in [1.807, 2.05) is 18.2 Å². The minimum atomic E-state index is -1.02. The van der Waals surface area contributed by atoms with Gasteiger partial charge in [-0.2, -0.15) is 5.26 Å². The van der Waals surface area contributed by atoms with Gasteiger partial charge in [0.25, 0.3) is 0 Å². The van der Waals surface area contributed by atoms with Crippen LogP contribution in [-0.2, 0) is 26.2 Å². The molecule has 3 amide bonds. The molecular formula is C26H27ClN4O4. The van der Waals surface area contributed by atoms with Crippen molar-refractivity contribution in [3.63, 3.8) is 0 Å². The highest BCUT2D eigenvalue weighted by atomic mass is 35.5. The van der Waals surface area contributed by atoms with E-state index in [4.69, 9.17) is 16.3 Å². The van der Waals surface area contributed by atoms with E-state index >= 15 is 0 Å². The molecule has 8 nitrogen and oxygen atoms in total. The van der Waals surface area contributed by atoms with Crippen LogP contribution in [0.3, 0.4) is 0 Å². The van der Waals surface area contributed by atoms with Gasteiger partial charge >= 0.3 is 6.09 Å². The number of hydrogen-bond acceptors (Lipinski definition) is 5. The highest BCUT2D eigenvalue weighted by Gasteiger charge is 2.56. The number of halogens is 1. The van der Waals surface area contributed by atoms with Crippen molar-refractivity contribution in [1.82, 2.24) is 10.2 Å². The maximum atomic E-state index is 13.8. The van der Waals surface area contributed by atoms with Crippen LogP contribution in [0.2, 0.25) is 5.02 Å². The number of amides is 3. The first-order valence-corrected chi connectivity index (χ1v) is 11.8. The highest BCUT2D eigenvalue weighted by Crippen LogP contribution is 2.46. The highest BCUT2D eigenvalue weighted by molar-refractivity contribution is 6.30. The fourth-order valence-corrected chi connectivity index (χ4v) is 4.95. The normalized spacial score (nSPS) is 21.7. The van der Waals surface area contributed by atoms with E-state index in [1.54, 1.807) is 51.1 Å². The number of benzene rings is 2. The zero-order valence-corrected chi connectivity index (χ0v) is 20.6. The average Bonchev–Trinajstić information content (AvgIpc) is 3.30. The summed E-state index contributed by atoms with van der Waals surface area (Å²) in [7, 11) is 0. The summed E-state index contributed by atoms with van der Waals surface area (Å²) in [6.45, 7) is 5.22. The number of nitriles is 1. The Morgan fingerprint density at radius 1 is 1.29 bits per heavy atom. The molecule has 2 aromatic carbocycles. The molecule has 1 spiro atoms. The van der Waals surface area contributed by atoms with Gasteiger partial charge in [0.05, 0.1) is 11.5 Å². The molecular weight excluding hydrogens is 468 g/mol. The number of rotatable bonds is 4. The van der Waals surface area contributed by atoms with E-state index < -0.39 is 35.1 Å². The topological polar surface area (TPSA) is 112 Å². The Hall–Kier alpha value is -3.57. The van der Waals surface area contributed by atoms with E-state index in [-0.39, 0.29) is 25.3 Å². The number of anilines is 1. The zero-order valence-electron chi connectivity index (χ0n) is 19.8. The number of likely N-dealkylation sites (tertiary alicyclic amines) is 1. The molecule has 0 unspecified atom stereocenters. The summed E-state index contributed by atoms with van der Waals surface area (Å²) in [4.78, 5) is 40.9. The third-order valence-electron chi connectivity index (χ3n) is 6.23. The lowest BCUT2D eigenvalue weighted by molar-refractivity contribution is -0.133. The molecule has 0 radical (unpaired) electrons. The SMILES string of the molecule is CC(C)(C)OC(=O)N[C@@H](Cc1cccc(Cl)c1)C(=O)N1C[C@]2(C[C@H]1C#N)C(=O)Nc1ccccc12. The summed E-state index contributed by atoms with van der Waals surface area (Å²) in [5.74, 6) is -0.697. The van der Waals surface area contributed by atoms with Gasteiger partial charge in [0, 0.05) is 30.1 Å². The monoisotopic (exact) mass is 494 g/mol. The van der Waals surface area contributed by atoms with Crippen molar-refractivity contribution in [1.29, 1.82) is 5.26 Å². The summed E-state index contributed by atoms with van der Waals surface area (Å²) < 4.78 is 5.38. The zero-order chi connectivity index (χ0) is 25.4. The summed E-state index contributed by atoms with van der Waals surface area (Å²) >= 11 is 6.12. The molecule has 9 heteroatoms. The number of alkyl carbamates (subject to hydrolysis) is 1. The van der Waals surface area contributed by atoms with Gasteiger partial charge in [-0.25, -0.2) is 4.79 Å². The van der Waals surface area contributed by atoms with E-state index in [9.17, 15) is 19.6 Å². The Morgan fingerprint density at radius 3 is 2.71 bits per heavy atom. The quantitative estimate of drug-likeness (QED) is 0.671. The van der Waals surface area contributed by atoms with Crippen LogP contribution in [0.25, 0.3) is 0 Å². The molecule has 2 aliphatic rings. The second-order valence-corrected chi connectivity index (χ2v) is 10.4. The first kappa shape index (κ1) is 24.6. The van der Waals surface area contributed by atoms with Gasteiger partial charge in [0.1, 0.15) is 17.7 Å². The fourth-order valence-electron chi connectivity index (χ4n) is 4.74. The molecule has 4 rings (SSSR count). The number of nitrogens with one attached hydrogen (secondary N) is 2.